The van der Waals surface area contributed by atoms with Gasteiger partial charge in [-0.25, -0.2) is 8.42 Å². The summed E-state index contributed by atoms with van der Waals surface area (Å²) >= 11 is 0. The Morgan fingerprint density at radius 1 is 1.10 bits per heavy atom. The molecule has 5 nitrogen and oxygen atoms in total. The summed E-state index contributed by atoms with van der Waals surface area (Å²) in [4.78, 5) is -0.547. The van der Waals surface area contributed by atoms with Crippen molar-refractivity contribution in [2.24, 2.45) is 5.92 Å². The van der Waals surface area contributed by atoms with Crippen LogP contribution in [0.2, 0.25) is 0 Å². The Bertz CT molecular complexity index is 694. The first-order valence-electron chi connectivity index (χ1n) is 6.80. The Kier molecular flexibility index (Phi) is 4.69. The number of nitrogens with zero attached hydrogens (tertiary/aromatic N) is 1. The number of rotatable bonds is 7. The summed E-state index contributed by atoms with van der Waals surface area (Å²) in [6.07, 6.45) is 2.77. The molecule has 8 heteroatoms. The molecule has 0 aromatic heterocycles. The van der Waals surface area contributed by atoms with Gasteiger partial charge in [-0.15, -0.1) is 3.89 Å². The van der Waals surface area contributed by atoms with E-state index >= 15 is 0 Å². The van der Waals surface area contributed by atoms with Gasteiger partial charge < -0.3 is 0 Å². The minimum absolute atomic E-state index is 0.0102. The maximum atomic E-state index is 12.8. The van der Waals surface area contributed by atoms with Gasteiger partial charge >= 0.3 is 10.2 Å². The van der Waals surface area contributed by atoms with Crippen molar-refractivity contribution in [3.63, 3.8) is 0 Å². The molecule has 1 aromatic rings. The highest BCUT2D eigenvalue weighted by atomic mass is 32.3. The van der Waals surface area contributed by atoms with Crippen LogP contribution < -0.4 is 0 Å². The summed E-state index contributed by atoms with van der Waals surface area (Å²) in [7, 11) is -8.48. The zero-order valence-electron chi connectivity index (χ0n) is 11.7. The van der Waals surface area contributed by atoms with Crippen molar-refractivity contribution in [1.29, 1.82) is 0 Å². The van der Waals surface area contributed by atoms with E-state index in [1.165, 1.54) is 4.31 Å². The molecule has 1 aliphatic rings. The molecule has 0 spiro atoms. The minimum atomic E-state index is -4.81. The van der Waals surface area contributed by atoms with Crippen LogP contribution in [0.3, 0.4) is 0 Å². The Balaban J connectivity index is 2.28. The summed E-state index contributed by atoms with van der Waals surface area (Å²) in [6.45, 7) is 2.80. The molecule has 0 aliphatic heterocycles. The number of sulfonamides is 1. The summed E-state index contributed by atoms with van der Waals surface area (Å²) in [5.41, 5.74) is 0. The first-order valence-corrected chi connectivity index (χ1v) is 9.62. The predicted octanol–water partition coefficient (Wildman–Crippen LogP) is 2.16. The van der Waals surface area contributed by atoms with E-state index in [2.05, 4.69) is 0 Å². The van der Waals surface area contributed by atoms with Crippen LogP contribution in [0.25, 0.3) is 0 Å². The molecule has 1 aromatic carbocycles. The lowest BCUT2D eigenvalue weighted by Crippen LogP contribution is -2.33. The third-order valence-corrected chi connectivity index (χ3v) is 6.09. The van der Waals surface area contributed by atoms with Crippen LogP contribution in [-0.4, -0.2) is 34.2 Å². The van der Waals surface area contributed by atoms with E-state index in [4.69, 9.17) is 0 Å². The second kappa shape index (κ2) is 6.02. The van der Waals surface area contributed by atoms with Crippen LogP contribution >= 0.6 is 0 Å². The number of hydrogen-bond donors (Lipinski definition) is 0. The average molecular weight is 335 g/mol. The molecule has 0 heterocycles. The fourth-order valence-electron chi connectivity index (χ4n) is 2.07. The average Bonchev–Trinajstić information content (AvgIpc) is 3.21. The number of halogens is 1. The van der Waals surface area contributed by atoms with Gasteiger partial charge in [-0.05, 0) is 49.4 Å². The Hall–Kier alpha value is -0.990. The first-order chi connectivity index (χ1) is 9.75. The molecule has 0 atom stereocenters. The summed E-state index contributed by atoms with van der Waals surface area (Å²) in [5.74, 6) is 0.414. The Morgan fingerprint density at radius 3 is 2.05 bits per heavy atom. The van der Waals surface area contributed by atoms with Crippen molar-refractivity contribution in [3.8, 4) is 0 Å². The number of benzene rings is 1. The van der Waals surface area contributed by atoms with E-state index in [0.717, 1.165) is 37.1 Å². The second-order valence-corrected chi connectivity index (χ2v) is 8.50. The van der Waals surface area contributed by atoms with Crippen molar-refractivity contribution in [3.05, 3.63) is 24.3 Å². The first kappa shape index (κ1) is 16.4. The molecule has 1 aliphatic carbocycles. The van der Waals surface area contributed by atoms with E-state index in [9.17, 15) is 20.7 Å². The zero-order valence-corrected chi connectivity index (χ0v) is 13.3. The van der Waals surface area contributed by atoms with Crippen LogP contribution in [0.4, 0.5) is 3.89 Å². The van der Waals surface area contributed by atoms with Crippen LogP contribution in [0.5, 0.6) is 0 Å². The molecule has 2 rings (SSSR count). The van der Waals surface area contributed by atoms with Crippen LogP contribution in [0, 0.1) is 5.92 Å². The third kappa shape index (κ3) is 4.02. The van der Waals surface area contributed by atoms with Gasteiger partial charge in [0.05, 0.1) is 9.79 Å². The molecular formula is C13H18FNO4S2. The van der Waals surface area contributed by atoms with Crippen molar-refractivity contribution in [2.45, 2.75) is 36.0 Å². The van der Waals surface area contributed by atoms with Gasteiger partial charge in [0.2, 0.25) is 10.0 Å². The predicted molar refractivity (Wildman–Crippen MR) is 76.5 cm³/mol. The van der Waals surface area contributed by atoms with Crippen molar-refractivity contribution in [2.75, 3.05) is 13.1 Å². The monoisotopic (exact) mass is 335 g/mol. The minimum Gasteiger partial charge on any atom is -0.207 e. The molecule has 1 fully saturated rings. The largest absolute Gasteiger partial charge is 0.332 e. The number of hydrogen-bond acceptors (Lipinski definition) is 4. The van der Waals surface area contributed by atoms with E-state index in [1.54, 1.807) is 0 Å². The zero-order chi connectivity index (χ0) is 15.7. The van der Waals surface area contributed by atoms with Gasteiger partial charge in [0.15, 0.2) is 0 Å². The van der Waals surface area contributed by atoms with E-state index in [0.29, 0.717) is 25.4 Å². The molecule has 0 N–H and O–H groups in total. The highest BCUT2D eigenvalue weighted by Gasteiger charge is 2.31. The highest BCUT2D eigenvalue weighted by molar-refractivity contribution is 7.89. The van der Waals surface area contributed by atoms with Gasteiger partial charge in [-0.2, -0.15) is 12.7 Å². The molecule has 21 heavy (non-hydrogen) atoms. The van der Waals surface area contributed by atoms with E-state index < -0.39 is 25.1 Å². The van der Waals surface area contributed by atoms with Crippen LogP contribution in [0.15, 0.2) is 34.1 Å². The Labute approximate surface area is 125 Å². The van der Waals surface area contributed by atoms with Crippen LogP contribution in [0.1, 0.15) is 26.2 Å². The molecule has 0 unspecified atom stereocenters. The van der Waals surface area contributed by atoms with Crippen molar-refractivity contribution >= 4 is 20.2 Å². The molecule has 0 radical (unpaired) electrons. The lowest BCUT2D eigenvalue weighted by molar-refractivity contribution is 0.395. The summed E-state index contributed by atoms with van der Waals surface area (Å²) < 4.78 is 60.8. The maximum Gasteiger partial charge on any atom is 0.332 e. The summed E-state index contributed by atoms with van der Waals surface area (Å²) in [6, 6.07) is 4.22. The van der Waals surface area contributed by atoms with Gasteiger partial charge in [0.25, 0.3) is 0 Å². The van der Waals surface area contributed by atoms with Crippen molar-refractivity contribution < 1.29 is 20.7 Å². The highest BCUT2D eigenvalue weighted by Crippen LogP contribution is 2.31. The fraction of sp³-hybridized carbons (Fsp3) is 0.538. The SMILES string of the molecule is CCCN(CC1CC1)S(=O)(=O)c1ccc(S(=O)(=O)F)cc1. The van der Waals surface area contributed by atoms with Gasteiger partial charge in [0.1, 0.15) is 0 Å². The Morgan fingerprint density at radius 2 is 1.62 bits per heavy atom. The van der Waals surface area contributed by atoms with E-state index in [1.807, 2.05) is 6.92 Å². The van der Waals surface area contributed by atoms with Gasteiger partial charge in [-0.1, -0.05) is 6.92 Å². The standard InChI is InChI=1S/C13H18FNO4S2/c1-2-9-15(10-11-3-4-11)21(18,19)13-7-5-12(6-8-13)20(14,16)17/h5-8,11H,2-4,9-10H2,1H3. The molecular weight excluding hydrogens is 317 g/mol. The quantitative estimate of drug-likeness (QED) is 0.716. The fourth-order valence-corrected chi connectivity index (χ4v) is 4.14. The van der Waals surface area contributed by atoms with Crippen molar-refractivity contribution in [1.82, 2.24) is 4.31 Å². The van der Waals surface area contributed by atoms with Gasteiger partial charge in [-0.3, -0.25) is 0 Å². The molecule has 0 amide bonds. The molecule has 0 bridgehead atoms. The van der Waals surface area contributed by atoms with Gasteiger partial charge in [0, 0.05) is 13.1 Å². The lowest BCUT2D eigenvalue weighted by Gasteiger charge is -2.21. The third-order valence-electron chi connectivity index (χ3n) is 3.37. The second-order valence-electron chi connectivity index (χ2n) is 5.22. The maximum absolute atomic E-state index is 12.8. The molecule has 118 valence electrons. The lowest BCUT2D eigenvalue weighted by atomic mass is 10.4. The summed E-state index contributed by atoms with van der Waals surface area (Å²) in [5, 5.41) is 0. The molecule has 1 saturated carbocycles. The van der Waals surface area contributed by atoms with Crippen LogP contribution in [-0.2, 0) is 20.2 Å². The normalized spacial score (nSPS) is 16.3. The smallest absolute Gasteiger partial charge is 0.207 e. The van der Waals surface area contributed by atoms with E-state index in [-0.39, 0.29) is 4.90 Å². The topological polar surface area (TPSA) is 71.5 Å². The molecule has 0 saturated heterocycles.